The maximum absolute atomic E-state index is 12.7. The van der Waals surface area contributed by atoms with Crippen LogP contribution >= 0.6 is 0 Å². The van der Waals surface area contributed by atoms with E-state index < -0.39 is 0 Å². The second-order valence-electron chi connectivity index (χ2n) is 4.57. The lowest BCUT2D eigenvalue weighted by Gasteiger charge is -2.03. The zero-order valence-corrected chi connectivity index (χ0v) is 9.78. The standard InChI is InChI=1S/C14H15FO2/c1-9(2)8-17-14(16)13-7-12(13)10-3-5-11(15)6-4-10/h3-6,12-13H,1,7-8H2,2H3. The van der Waals surface area contributed by atoms with Crippen molar-refractivity contribution in [3.8, 4) is 0 Å². The Bertz CT molecular complexity index is 436. The lowest BCUT2D eigenvalue weighted by molar-refractivity contribution is -0.144. The van der Waals surface area contributed by atoms with Crippen LogP contribution in [0.15, 0.2) is 36.4 Å². The molecule has 0 bridgehead atoms. The lowest BCUT2D eigenvalue weighted by atomic mass is 10.1. The summed E-state index contributed by atoms with van der Waals surface area (Å²) >= 11 is 0. The Morgan fingerprint density at radius 3 is 2.71 bits per heavy atom. The molecule has 3 heteroatoms. The molecule has 17 heavy (non-hydrogen) atoms. The Balaban J connectivity index is 1.89. The summed E-state index contributed by atoms with van der Waals surface area (Å²) < 4.78 is 17.8. The molecule has 0 aliphatic heterocycles. The largest absolute Gasteiger partial charge is 0.461 e. The number of carbonyl (C=O) groups is 1. The molecule has 2 unspecified atom stereocenters. The highest BCUT2D eigenvalue weighted by atomic mass is 19.1. The first-order chi connectivity index (χ1) is 8.08. The Morgan fingerprint density at radius 1 is 1.47 bits per heavy atom. The highest BCUT2D eigenvalue weighted by Gasteiger charge is 2.45. The van der Waals surface area contributed by atoms with E-state index in [4.69, 9.17) is 4.74 Å². The smallest absolute Gasteiger partial charge is 0.309 e. The third-order valence-corrected chi connectivity index (χ3v) is 2.85. The SMILES string of the molecule is C=C(C)COC(=O)C1CC1c1ccc(F)cc1. The van der Waals surface area contributed by atoms with Gasteiger partial charge in [0.1, 0.15) is 12.4 Å². The number of esters is 1. The van der Waals surface area contributed by atoms with Crippen molar-refractivity contribution in [3.63, 3.8) is 0 Å². The zero-order valence-electron chi connectivity index (χ0n) is 9.78. The molecule has 1 aliphatic rings. The minimum Gasteiger partial charge on any atom is -0.461 e. The molecule has 0 saturated heterocycles. The summed E-state index contributed by atoms with van der Waals surface area (Å²) in [5, 5.41) is 0. The predicted octanol–water partition coefficient (Wildman–Crippen LogP) is 3.05. The highest BCUT2D eigenvalue weighted by Crippen LogP contribution is 2.48. The first kappa shape index (κ1) is 11.8. The molecule has 1 aromatic rings. The predicted molar refractivity (Wildman–Crippen MR) is 63.0 cm³/mol. The van der Waals surface area contributed by atoms with Crippen molar-refractivity contribution in [2.45, 2.75) is 19.3 Å². The van der Waals surface area contributed by atoms with Crippen molar-refractivity contribution in [2.24, 2.45) is 5.92 Å². The van der Waals surface area contributed by atoms with Crippen molar-refractivity contribution in [2.75, 3.05) is 6.61 Å². The summed E-state index contributed by atoms with van der Waals surface area (Å²) in [7, 11) is 0. The Morgan fingerprint density at radius 2 is 2.12 bits per heavy atom. The number of benzene rings is 1. The van der Waals surface area contributed by atoms with E-state index in [1.807, 2.05) is 6.92 Å². The minimum atomic E-state index is -0.254. The molecular weight excluding hydrogens is 219 g/mol. The molecular formula is C14H15FO2. The van der Waals surface area contributed by atoms with Gasteiger partial charge in [0.25, 0.3) is 0 Å². The second kappa shape index (κ2) is 4.70. The van der Waals surface area contributed by atoms with Crippen molar-refractivity contribution >= 4 is 5.97 Å². The number of halogens is 1. The van der Waals surface area contributed by atoms with Crippen molar-refractivity contribution in [1.82, 2.24) is 0 Å². The molecule has 1 aliphatic carbocycles. The van der Waals surface area contributed by atoms with Crippen LogP contribution in [-0.4, -0.2) is 12.6 Å². The van der Waals surface area contributed by atoms with Crippen LogP contribution in [0.4, 0.5) is 4.39 Å². The number of carbonyl (C=O) groups excluding carboxylic acids is 1. The summed E-state index contributed by atoms with van der Waals surface area (Å²) in [5.41, 5.74) is 1.83. The third-order valence-electron chi connectivity index (χ3n) is 2.85. The summed E-state index contributed by atoms with van der Waals surface area (Å²) in [5.74, 6) is -0.314. The molecule has 0 spiro atoms. The zero-order chi connectivity index (χ0) is 12.4. The quantitative estimate of drug-likeness (QED) is 0.591. The molecule has 2 rings (SSSR count). The molecule has 0 N–H and O–H groups in total. The molecule has 2 nitrogen and oxygen atoms in total. The fourth-order valence-corrected chi connectivity index (χ4v) is 1.84. The molecule has 0 aromatic heterocycles. The van der Waals surface area contributed by atoms with Crippen molar-refractivity contribution < 1.29 is 13.9 Å². The number of rotatable bonds is 4. The van der Waals surface area contributed by atoms with Gasteiger partial charge in [0.05, 0.1) is 5.92 Å². The molecule has 0 amide bonds. The van der Waals surface area contributed by atoms with Gasteiger partial charge in [0.15, 0.2) is 0 Å². The van der Waals surface area contributed by atoms with Gasteiger partial charge in [0, 0.05) is 0 Å². The van der Waals surface area contributed by atoms with E-state index in [-0.39, 0.29) is 30.2 Å². The van der Waals surface area contributed by atoms with Gasteiger partial charge >= 0.3 is 5.97 Å². The third kappa shape index (κ3) is 2.93. The Labute approximate surface area is 100 Å². The molecule has 2 atom stereocenters. The van der Waals surface area contributed by atoms with Gasteiger partial charge in [-0.25, -0.2) is 4.39 Å². The van der Waals surface area contributed by atoms with Crippen LogP contribution in [0.25, 0.3) is 0 Å². The van der Waals surface area contributed by atoms with Gasteiger partial charge in [-0.15, -0.1) is 0 Å². The maximum atomic E-state index is 12.7. The fourth-order valence-electron chi connectivity index (χ4n) is 1.84. The Hall–Kier alpha value is -1.64. The average molecular weight is 234 g/mol. The van der Waals surface area contributed by atoms with Crippen LogP contribution in [0, 0.1) is 11.7 Å². The van der Waals surface area contributed by atoms with Crippen LogP contribution in [0.1, 0.15) is 24.8 Å². The molecule has 1 aromatic carbocycles. The first-order valence-corrected chi connectivity index (χ1v) is 5.64. The molecule has 1 saturated carbocycles. The van der Waals surface area contributed by atoms with Crippen LogP contribution < -0.4 is 0 Å². The molecule has 1 fully saturated rings. The first-order valence-electron chi connectivity index (χ1n) is 5.64. The van der Waals surface area contributed by atoms with E-state index in [0.29, 0.717) is 0 Å². The fraction of sp³-hybridized carbons (Fsp3) is 0.357. The van der Waals surface area contributed by atoms with Crippen molar-refractivity contribution in [1.29, 1.82) is 0 Å². The van der Waals surface area contributed by atoms with Gasteiger partial charge in [-0.2, -0.15) is 0 Å². The van der Waals surface area contributed by atoms with Gasteiger partial charge in [-0.05, 0) is 42.5 Å². The number of hydrogen-bond donors (Lipinski definition) is 0. The van der Waals surface area contributed by atoms with Crippen molar-refractivity contribution in [3.05, 3.63) is 47.8 Å². The normalized spacial score (nSPS) is 22.0. The van der Waals surface area contributed by atoms with Crippen LogP contribution in [-0.2, 0) is 9.53 Å². The molecule has 0 heterocycles. The lowest BCUT2D eigenvalue weighted by Crippen LogP contribution is -2.09. The highest BCUT2D eigenvalue weighted by molar-refractivity contribution is 5.77. The monoisotopic (exact) mass is 234 g/mol. The number of ether oxygens (including phenoxy) is 1. The summed E-state index contributed by atoms with van der Waals surface area (Å²) in [6.45, 7) is 5.78. The van der Waals surface area contributed by atoms with E-state index in [0.717, 1.165) is 17.6 Å². The van der Waals surface area contributed by atoms with Gasteiger partial charge in [0.2, 0.25) is 0 Å². The van der Waals surface area contributed by atoms with Crippen LogP contribution in [0.2, 0.25) is 0 Å². The van der Waals surface area contributed by atoms with E-state index in [9.17, 15) is 9.18 Å². The van der Waals surface area contributed by atoms with Gasteiger partial charge in [-0.3, -0.25) is 4.79 Å². The van der Waals surface area contributed by atoms with Gasteiger partial charge in [-0.1, -0.05) is 18.7 Å². The Kier molecular flexibility index (Phi) is 3.27. The average Bonchev–Trinajstić information content (AvgIpc) is 3.07. The molecule has 90 valence electrons. The van der Waals surface area contributed by atoms with E-state index in [1.54, 1.807) is 12.1 Å². The van der Waals surface area contributed by atoms with E-state index in [1.165, 1.54) is 12.1 Å². The summed E-state index contributed by atoms with van der Waals surface area (Å²) in [6, 6.07) is 6.30. The topological polar surface area (TPSA) is 26.3 Å². The summed E-state index contributed by atoms with van der Waals surface area (Å²) in [6.07, 6.45) is 0.792. The minimum absolute atomic E-state index is 0.0696. The van der Waals surface area contributed by atoms with Crippen LogP contribution in [0.5, 0.6) is 0 Å². The number of hydrogen-bond acceptors (Lipinski definition) is 2. The van der Waals surface area contributed by atoms with Crippen LogP contribution in [0.3, 0.4) is 0 Å². The van der Waals surface area contributed by atoms with E-state index in [2.05, 4.69) is 6.58 Å². The second-order valence-corrected chi connectivity index (χ2v) is 4.57. The van der Waals surface area contributed by atoms with Gasteiger partial charge < -0.3 is 4.74 Å². The molecule has 0 radical (unpaired) electrons. The van der Waals surface area contributed by atoms with E-state index >= 15 is 0 Å². The summed E-state index contributed by atoms with van der Waals surface area (Å²) in [4.78, 5) is 11.6. The maximum Gasteiger partial charge on any atom is 0.309 e.